The molecule has 0 aliphatic heterocycles. The van der Waals surface area contributed by atoms with E-state index in [1.807, 2.05) is 12.1 Å². The van der Waals surface area contributed by atoms with Gasteiger partial charge in [-0.1, -0.05) is 22.9 Å². The molecule has 0 atom stereocenters. The summed E-state index contributed by atoms with van der Waals surface area (Å²) in [4.78, 5) is 28.7. The van der Waals surface area contributed by atoms with Gasteiger partial charge in [-0.05, 0) is 30.3 Å². The number of nitrogens with zero attached hydrogens (tertiary/aromatic N) is 2. The zero-order chi connectivity index (χ0) is 18.3. The molecule has 132 valence electrons. The highest BCUT2D eigenvalue weighted by atomic mass is 35.5. The van der Waals surface area contributed by atoms with Gasteiger partial charge in [0.1, 0.15) is 12.3 Å². The summed E-state index contributed by atoms with van der Waals surface area (Å²) in [6, 6.07) is 10.3. The molecule has 0 saturated heterocycles. The number of benzene rings is 2. The number of methoxy groups -OCH3 is 1. The topological polar surface area (TPSA) is 86.4 Å². The molecule has 1 amide bonds. The third-order valence-electron chi connectivity index (χ3n) is 3.77. The molecule has 0 radical (unpaired) electrons. The lowest BCUT2D eigenvalue weighted by atomic mass is 10.3. The summed E-state index contributed by atoms with van der Waals surface area (Å²) in [5.41, 5.74) is 1.60. The minimum atomic E-state index is -0.619. The van der Waals surface area contributed by atoms with Gasteiger partial charge in [0.05, 0.1) is 22.8 Å². The molecule has 9 heteroatoms. The first-order valence-electron chi connectivity index (χ1n) is 7.57. The van der Waals surface area contributed by atoms with Gasteiger partial charge in [0, 0.05) is 11.1 Å². The predicted molar refractivity (Wildman–Crippen MR) is 100 cm³/mol. The van der Waals surface area contributed by atoms with E-state index in [1.165, 1.54) is 22.0 Å². The molecule has 1 N–H and O–H groups in total. The molecule has 26 heavy (non-hydrogen) atoms. The van der Waals surface area contributed by atoms with Crippen LogP contribution in [0.1, 0.15) is 0 Å². The molecule has 2 aromatic carbocycles. The van der Waals surface area contributed by atoms with Crippen LogP contribution in [0.25, 0.3) is 21.3 Å². The van der Waals surface area contributed by atoms with Crippen molar-refractivity contribution < 1.29 is 13.9 Å². The van der Waals surface area contributed by atoms with Crippen molar-refractivity contribution in [1.29, 1.82) is 0 Å². The first-order valence-corrected chi connectivity index (χ1v) is 8.76. The van der Waals surface area contributed by atoms with Crippen molar-refractivity contribution in [3.05, 3.63) is 52.0 Å². The third kappa shape index (κ3) is 3.04. The number of hydrogen-bond acceptors (Lipinski definition) is 6. The summed E-state index contributed by atoms with van der Waals surface area (Å²) in [6.07, 6.45) is 0. The van der Waals surface area contributed by atoms with Crippen LogP contribution in [0.15, 0.2) is 45.6 Å². The quantitative estimate of drug-likeness (QED) is 0.577. The standard InChI is InChI=1S/C17H12ClN3O4S/c1-24-10-3-4-11-14(7-10)26-16(19-11)20-15(22)8-21-12-5-2-9(18)6-13(12)25-17(21)23/h2-7H,8H2,1H3,(H,19,20,22). The van der Waals surface area contributed by atoms with Gasteiger partial charge in [-0.3, -0.25) is 9.36 Å². The van der Waals surface area contributed by atoms with Crippen LogP contribution < -0.4 is 15.8 Å². The molecule has 0 fully saturated rings. The maximum absolute atomic E-state index is 12.3. The van der Waals surface area contributed by atoms with Gasteiger partial charge in [-0.2, -0.15) is 0 Å². The van der Waals surface area contributed by atoms with E-state index in [2.05, 4.69) is 10.3 Å². The molecule has 0 bridgehead atoms. The first-order chi connectivity index (χ1) is 12.5. The molecule has 4 aromatic rings. The van der Waals surface area contributed by atoms with E-state index in [9.17, 15) is 9.59 Å². The Morgan fingerprint density at radius 3 is 3.00 bits per heavy atom. The number of rotatable bonds is 4. The minimum Gasteiger partial charge on any atom is -0.497 e. The second-order valence-electron chi connectivity index (χ2n) is 5.47. The second-order valence-corrected chi connectivity index (χ2v) is 6.93. The van der Waals surface area contributed by atoms with Crippen LogP contribution >= 0.6 is 22.9 Å². The number of halogens is 1. The Morgan fingerprint density at radius 1 is 1.35 bits per heavy atom. The lowest BCUT2D eigenvalue weighted by molar-refractivity contribution is -0.116. The average Bonchev–Trinajstić information content (AvgIpc) is 3.14. The molecule has 2 heterocycles. The Morgan fingerprint density at radius 2 is 2.19 bits per heavy atom. The fourth-order valence-corrected chi connectivity index (χ4v) is 3.65. The van der Waals surface area contributed by atoms with Crippen molar-refractivity contribution in [1.82, 2.24) is 9.55 Å². The number of fused-ring (bicyclic) bond motifs is 2. The number of amides is 1. The van der Waals surface area contributed by atoms with Gasteiger partial charge in [0.15, 0.2) is 10.7 Å². The number of nitrogens with one attached hydrogen (secondary N) is 1. The lowest BCUT2D eigenvalue weighted by Gasteiger charge is -2.02. The number of aromatic nitrogens is 2. The number of carbonyl (C=O) groups is 1. The summed E-state index contributed by atoms with van der Waals surface area (Å²) in [5, 5.41) is 3.61. The Balaban J connectivity index is 1.58. The Hall–Kier alpha value is -2.84. The molecule has 0 aliphatic carbocycles. The number of ether oxygens (including phenoxy) is 1. The second kappa shape index (κ2) is 6.47. The number of oxazole rings is 1. The maximum atomic E-state index is 12.3. The molecule has 0 aliphatic rings. The van der Waals surface area contributed by atoms with Crippen molar-refractivity contribution in [3.63, 3.8) is 0 Å². The Bertz CT molecular complexity index is 1190. The minimum absolute atomic E-state index is 0.188. The van der Waals surface area contributed by atoms with Crippen molar-refractivity contribution >= 4 is 55.3 Å². The number of hydrogen-bond donors (Lipinski definition) is 1. The van der Waals surface area contributed by atoms with Crippen LogP contribution in [0.3, 0.4) is 0 Å². The molecule has 0 unspecified atom stereocenters. The number of thiazole rings is 1. The normalized spacial score (nSPS) is 11.2. The van der Waals surface area contributed by atoms with Crippen molar-refractivity contribution in [2.24, 2.45) is 0 Å². The monoisotopic (exact) mass is 389 g/mol. The first kappa shape index (κ1) is 16.6. The van der Waals surface area contributed by atoms with Gasteiger partial charge < -0.3 is 14.5 Å². The zero-order valence-electron chi connectivity index (χ0n) is 13.5. The number of anilines is 1. The van der Waals surface area contributed by atoms with Gasteiger partial charge in [0.2, 0.25) is 5.91 Å². The van der Waals surface area contributed by atoms with Crippen molar-refractivity contribution in [2.45, 2.75) is 6.54 Å². The van der Waals surface area contributed by atoms with Gasteiger partial charge in [-0.25, -0.2) is 9.78 Å². The van der Waals surface area contributed by atoms with Crippen LogP contribution in [0.4, 0.5) is 5.13 Å². The van der Waals surface area contributed by atoms with Crippen LogP contribution in [0, 0.1) is 0 Å². The highest BCUT2D eigenvalue weighted by Gasteiger charge is 2.14. The molecule has 4 rings (SSSR count). The van der Waals surface area contributed by atoms with E-state index < -0.39 is 5.76 Å². The predicted octanol–water partition coefficient (Wildman–Crippen LogP) is 3.50. The lowest BCUT2D eigenvalue weighted by Crippen LogP contribution is -2.24. The maximum Gasteiger partial charge on any atom is 0.420 e. The molecule has 2 aromatic heterocycles. The van der Waals surface area contributed by atoms with E-state index >= 15 is 0 Å². The highest BCUT2D eigenvalue weighted by Crippen LogP contribution is 2.29. The van der Waals surface area contributed by atoms with E-state index in [0.717, 1.165) is 10.2 Å². The average molecular weight is 390 g/mol. The summed E-state index contributed by atoms with van der Waals surface area (Å²) in [7, 11) is 1.59. The molecular formula is C17H12ClN3O4S. The fourth-order valence-electron chi connectivity index (χ4n) is 2.58. The van der Waals surface area contributed by atoms with E-state index in [4.69, 9.17) is 20.8 Å². The molecular weight excluding hydrogens is 378 g/mol. The van der Waals surface area contributed by atoms with Crippen LogP contribution in [0.5, 0.6) is 5.75 Å². The van der Waals surface area contributed by atoms with E-state index in [-0.39, 0.29) is 12.5 Å². The fraction of sp³-hybridized carbons (Fsp3) is 0.118. The highest BCUT2D eigenvalue weighted by molar-refractivity contribution is 7.22. The zero-order valence-corrected chi connectivity index (χ0v) is 15.1. The van der Waals surface area contributed by atoms with Crippen molar-refractivity contribution in [3.8, 4) is 5.75 Å². The SMILES string of the molecule is COc1ccc2nc(NC(=O)Cn3c(=O)oc4cc(Cl)ccc43)sc2c1. The number of carbonyl (C=O) groups excluding carboxylic acids is 1. The van der Waals surface area contributed by atoms with Crippen LogP contribution in [0.2, 0.25) is 5.02 Å². The molecule has 7 nitrogen and oxygen atoms in total. The Kier molecular flexibility index (Phi) is 4.14. The molecule has 0 spiro atoms. The largest absolute Gasteiger partial charge is 0.497 e. The summed E-state index contributed by atoms with van der Waals surface area (Å²) in [5.74, 6) is -0.281. The summed E-state index contributed by atoms with van der Waals surface area (Å²) >= 11 is 7.21. The van der Waals surface area contributed by atoms with Crippen LogP contribution in [-0.2, 0) is 11.3 Å². The van der Waals surface area contributed by atoms with Gasteiger partial charge in [-0.15, -0.1) is 0 Å². The van der Waals surface area contributed by atoms with Crippen molar-refractivity contribution in [2.75, 3.05) is 12.4 Å². The Labute approximate surface area is 155 Å². The summed E-state index contributed by atoms with van der Waals surface area (Å²) < 4.78 is 12.4. The third-order valence-corrected chi connectivity index (χ3v) is 4.94. The van der Waals surface area contributed by atoms with E-state index in [0.29, 0.717) is 27.0 Å². The van der Waals surface area contributed by atoms with E-state index in [1.54, 1.807) is 25.3 Å². The summed E-state index contributed by atoms with van der Waals surface area (Å²) in [6.45, 7) is -0.188. The van der Waals surface area contributed by atoms with Crippen LogP contribution in [-0.4, -0.2) is 22.6 Å². The smallest absolute Gasteiger partial charge is 0.420 e. The molecule has 0 saturated carbocycles. The van der Waals surface area contributed by atoms with Gasteiger partial charge in [0.25, 0.3) is 0 Å². The van der Waals surface area contributed by atoms with Gasteiger partial charge >= 0.3 is 5.76 Å².